The van der Waals surface area contributed by atoms with E-state index in [2.05, 4.69) is 157 Å². The zero-order valence-corrected chi connectivity index (χ0v) is 23.6. The number of fused-ring (bicyclic) bond motifs is 4. The fraction of sp³-hybridized carbons (Fsp3) is 0. The number of hydrogen-bond donors (Lipinski definition) is 0. The summed E-state index contributed by atoms with van der Waals surface area (Å²) in [5, 5.41) is 5.01. The Labute approximate surface area is 248 Å². The summed E-state index contributed by atoms with van der Waals surface area (Å²) in [4.78, 5) is 7.24. The van der Waals surface area contributed by atoms with Crippen molar-refractivity contribution in [3.05, 3.63) is 158 Å². The number of aromatic nitrogens is 1. The number of rotatable bonds is 5. The predicted octanol–water partition coefficient (Wildman–Crippen LogP) is 11.4. The molecular weight excluding hydrogens is 529 g/mol. The summed E-state index contributed by atoms with van der Waals surface area (Å²) in [6.45, 7) is 0. The second-order valence-corrected chi connectivity index (χ2v) is 11.6. The zero-order chi connectivity index (χ0) is 27.9. The first kappa shape index (κ1) is 24.5. The van der Waals surface area contributed by atoms with E-state index in [0.717, 1.165) is 17.2 Å². The minimum atomic E-state index is 0.900. The Morgan fingerprint density at radius 1 is 0.429 bits per heavy atom. The van der Waals surface area contributed by atoms with E-state index >= 15 is 0 Å². The number of nitrogens with zero attached hydrogens (tertiary/aromatic N) is 2. The number of thiophene rings is 1. The third-order valence-corrected chi connectivity index (χ3v) is 9.04. The van der Waals surface area contributed by atoms with Crippen LogP contribution in [0.1, 0.15) is 0 Å². The first-order valence-electron chi connectivity index (χ1n) is 14.1. The van der Waals surface area contributed by atoms with E-state index in [1.165, 1.54) is 53.2 Å². The highest BCUT2D eigenvalue weighted by Crippen LogP contribution is 2.40. The van der Waals surface area contributed by atoms with Gasteiger partial charge >= 0.3 is 0 Å². The van der Waals surface area contributed by atoms with E-state index in [9.17, 15) is 0 Å². The van der Waals surface area contributed by atoms with Gasteiger partial charge < -0.3 is 0 Å². The molecule has 198 valence electrons. The molecule has 0 aliphatic heterocycles. The lowest BCUT2D eigenvalue weighted by Crippen LogP contribution is -2.11. The molecule has 2 nitrogen and oxygen atoms in total. The fourth-order valence-corrected chi connectivity index (χ4v) is 6.82. The SMILES string of the molecule is c1ccc(-c2ccc(N(c3ccc(-c4ccc5ccccc5c4)cc3)c3cc4c(cn3)sc3ccccc34)cc2)cc1. The number of anilines is 3. The highest BCUT2D eigenvalue weighted by Gasteiger charge is 2.16. The minimum Gasteiger partial charge on any atom is -0.295 e. The lowest BCUT2D eigenvalue weighted by molar-refractivity contribution is 1.19. The summed E-state index contributed by atoms with van der Waals surface area (Å²) >= 11 is 1.79. The lowest BCUT2D eigenvalue weighted by Gasteiger charge is -2.25. The van der Waals surface area contributed by atoms with Crippen molar-refractivity contribution in [3.63, 3.8) is 0 Å². The second-order valence-electron chi connectivity index (χ2n) is 10.5. The van der Waals surface area contributed by atoms with Crippen LogP contribution in [0.3, 0.4) is 0 Å². The first-order chi connectivity index (χ1) is 20.8. The van der Waals surface area contributed by atoms with Crippen LogP contribution in [0, 0.1) is 0 Å². The molecule has 2 heterocycles. The van der Waals surface area contributed by atoms with E-state index < -0.39 is 0 Å². The highest BCUT2D eigenvalue weighted by molar-refractivity contribution is 7.25. The van der Waals surface area contributed by atoms with Gasteiger partial charge in [-0.05, 0) is 75.5 Å². The topological polar surface area (TPSA) is 16.1 Å². The summed E-state index contributed by atoms with van der Waals surface area (Å²) in [5.74, 6) is 0.900. The van der Waals surface area contributed by atoms with Gasteiger partial charge in [-0.3, -0.25) is 4.90 Å². The van der Waals surface area contributed by atoms with Crippen molar-refractivity contribution in [2.24, 2.45) is 0 Å². The standard InChI is InChI=1S/C39H26N2S/c1-2-8-27(9-3-1)29-16-20-33(21-17-29)41(39-25-36-35-12-6-7-13-37(35)42-38(36)26-40-39)34-22-18-30(19-23-34)32-15-14-28-10-4-5-11-31(28)24-32/h1-26H. The van der Waals surface area contributed by atoms with Crippen LogP contribution in [-0.2, 0) is 0 Å². The smallest absolute Gasteiger partial charge is 0.138 e. The maximum Gasteiger partial charge on any atom is 0.138 e. The van der Waals surface area contributed by atoms with Crippen molar-refractivity contribution in [3.8, 4) is 22.3 Å². The number of pyridine rings is 1. The molecule has 2 aromatic heterocycles. The summed E-state index contributed by atoms with van der Waals surface area (Å²) in [5.41, 5.74) is 6.94. The molecular formula is C39H26N2S. The molecule has 8 rings (SSSR count). The molecule has 3 heteroatoms. The van der Waals surface area contributed by atoms with E-state index in [0.29, 0.717) is 0 Å². The van der Waals surface area contributed by atoms with Crippen molar-refractivity contribution < 1.29 is 0 Å². The van der Waals surface area contributed by atoms with Crippen LogP contribution in [0.2, 0.25) is 0 Å². The number of benzene rings is 6. The Balaban J connectivity index is 1.23. The van der Waals surface area contributed by atoms with Crippen molar-refractivity contribution in [2.75, 3.05) is 4.90 Å². The number of hydrogen-bond acceptors (Lipinski definition) is 3. The lowest BCUT2D eigenvalue weighted by atomic mass is 10.0. The molecule has 0 bridgehead atoms. The minimum absolute atomic E-state index is 0.900. The van der Waals surface area contributed by atoms with Crippen LogP contribution in [0.15, 0.2) is 158 Å². The average molecular weight is 555 g/mol. The zero-order valence-electron chi connectivity index (χ0n) is 22.8. The Morgan fingerprint density at radius 2 is 1.02 bits per heavy atom. The van der Waals surface area contributed by atoms with Gasteiger partial charge in [-0.2, -0.15) is 0 Å². The van der Waals surface area contributed by atoms with Gasteiger partial charge in [0.2, 0.25) is 0 Å². The summed E-state index contributed by atoms with van der Waals surface area (Å²) in [7, 11) is 0. The summed E-state index contributed by atoms with van der Waals surface area (Å²) in [6, 6.07) is 54.1. The molecule has 0 aliphatic rings. The van der Waals surface area contributed by atoms with Gasteiger partial charge in [0.25, 0.3) is 0 Å². The fourth-order valence-electron chi connectivity index (χ4n) is 5.76. The maximum atomic E-state index is 4.99. The van der Waals surface area contributed by atoms with E-state index in [4.69, 9.17) is 4.98 Å². The van der Waals surface area contributed by atoms with Crippen LogP contribution in [0.25, 0.3) is 53.2 Å². The Morgan fingerprint density at radius 3 is 1.79 bits per heavy atom. The predicted molar refractivity (Wildman–Crippen MR) is 180 cm³/mol. The van der Waals surface area contributed by atoms with Gasteiger partial charge in [-0.25, -0.2) is 4.98 Å². The molecule has 0 spiro atoms. The van der Waals surface area contributed by atoms with E-state index in [-0.39, 0.29) is 0 Å². The summed E-state index contributed by atoms with van der Waals surface area (Å²) in [6.07, 6.45) is 2.02. The van der Waals surface area contributed by atoms with Crippen LogP contribution in [0.5, 0.6) is 0 Å². The van der Waals surface area contributed by atoms with Crippen LogP contribution in [-0.4, -0.2) is 4.98 Å². The van der Waals surface area contributed by atoms with Crippen molar-refractivity contribution >= 4 is 59.5 Å². The van der Waals surface area contributed by atoms with Gasteiger partial charge in [0, 0.05) is 33.0 Å². The molecule has 0 atom stereocenters. The maximum absolute atomic E-state index is 4.99. The van der Waals surface area contributed by atoms with Crippen LogP contribution in [0.4, 0.5) is 17.2 Å². The molecule has 0 radical (unpaired) electrons. The molecule has 8 aromatic rings. The van der Waals surface area contributed by atoms with Gasteiger partial charge in [0.1, 0.15) is 5.82 Å². The van der Waals surface area contributed by atoms with Crippen molar-refractivity contribution in [2.45, 2.75) is 0 Å². The third-order valence-electron chi connectivity index (χ3n) is 7.92. The van der Waals surface area contributed by atoms with Gasteiger partial charge in [0.05, 0.1) is 4.70 Å². The third kappa shape index (κ3) is 4.41. The van der Waals surface area contributed by atoms with Gasteiger partial charge in [0.15, 0.2) is 0 Å². The molecule has 6 aromatic carbocycles. The van der Waals surface area contributed by atoms with Crippen LogP contribution < -0.4 is 4.90 Å². The molecule has 0 saturated carbocycles. The van der Waals surface area contributed by atoms with Gasteiger partial charge in [-0.15, -0.1) is 11.3 Å². The molecule has 0 N–H and O–H groups in total. The Kier molecular flexibility index (Phi) is 6.02. The van der Waals surface area contributed by atoms with Crippen molar-refractivity contribution in [1.29, 1.82) is 0 Å². The first-order valence-corrected chi connectivity index (χ1v) is 14.9. The van der Waals surface area contributed by atoms with Gasteiger partial charge in [-0.1, -0.05) is 109 Å². The Hall–Kier alpha value is -5.25. The molecule has 0 aliphatic carbocycles. The molecule has 0 amide bonds. The monoisotopic (exact) mass is 554 g/mol. The second kappa shape index (κ2) is 10.3. The summed E-state index contributed by atoms with van der Waals surface area (Å²) < 4.78 is 2.48. The van der Waals surface area contributed by atoms with E-state index in [1.54, 1.807) is 11.3 Å². The van der Waals surface area contributed by atoms with Crippen molar-refractivity contribution in [1.82, 2.24) is 4.98 Å². The molecule has 0 fully saturated rings. The quantitative estimate of drug-likeness (QED) is 0.210. The molecule has 42 heavy (non-hydrogen) atoms. The highest BCUT2D eigenvalue weighted by atomic mass is 32.1. The van der Waals surface area contributed by atoms with E-state index in [1.807, 2.05) is 6.20 Å². The molecule has 0 saturated heterocycles. The normalized spacial score (nSPS) is 11.3. The largest absolute Gasteiger partial charge is 0.295 e. The van der Waals surface area contributed by atoms with Crippen LogP contribution >= 0.6 is 11.3 Å². The average Bonchev–Trinajstić information content (AvgIpc) is 3.44. The molecule has 0 unspecified atom stereocenters. The Bertz CT molecular complexity index is 2180.